The number of halogens is 3. The number of hydrogen-bond donors (Lipinski definition) is 1. The molecule has 0 spiro atoms. The maximum absolute atomic E-state index is 12.4. The van der Waals surface area contributed by atoms with E-state index in [1.54, 1.807) is 0 Å². The minimum absolute atomic E-state index is 0.150. The average molecular weight is 232 g/mol. The summed E-state index contributed by atoms with van der Waals surface area (Å²) in [5.74, 6) is 0. The first-order valence-corrected chi connectivity index (χ1v) is 5.59. The van der Waals surface area contributed by atoms with Gasteiger partial charge in [0.25, 0.3) is 10.2 Å². The van der Waals surface area contributed by atoms with Crippen LogP contribution in [0.25, 0.3) is 0 Å². The molecule has 84 valence electrons. The highest BCUT2D eigenvalue weighted by atomic mass is 32.2. The van der Waals surface area contributed by atoms with Crippen LogP contribution in [0.3, 0.4) is 0 Å². The highest BCUT2D eigenvalue weighted by Crippen LogP contribution is 2.32. The Bertz CT molecular complexity index is 301. The SMILES string of the molecule is NS(=O)(=O)N1CCCCC1C(F)(F)F. The summed E-state index contributed by atoms with van der Waals surface area (Å²) >= 11 is 0. The van der Waals surface area contributed by atoms with Gasteiger partial charge >= 0.3 is 6.18 Å². The number of nitrogens with zero attached hydrogens (tertiary/aromatic N) is 1. The van der Waals surface area contributed by atoms with Crippen LogP contribution < -0.4 is 5.14 Å². The van der Waals surface area contributed by atoms with Crippen LogP contribution in [0.2, 0.25) is 0 Å². The molecule has 0 aliphatic carbocycles. The molecule has 1 atom stereocenters. The summed E-state index contributed by atoms with van der Waals surface area (Å²) in [7, 11) is -4.24. The van der Waals surface area contributed by atoms with Crippen molar-refractivity contribution in [3.63, 3.8) is 0 Å². The Morgan fingerprint density at radius 3 is 2.21 bits per heavy atom. The zero-order valence-electron chi connectivity index (χ0n) is 7.29. The lowest BCUT2D eigenvalue weighted by atomic mass is 10.1. The predicted octanol–water partition coefficient (Wildman–Crippen LogP) is 0.607. The van der Waals surface area contributed by atoms with Gasteiger partial charge in [-0.25, -0.2) is 5.14 Å². The lowest BCUT2D eigenvalue weighted by Crippen LogP contribution is -2.53. The van der Waals surface area contributed by atoms with E-state index in [0.29, 0.717) is 17.1 Å². The summed E-state index contributed by atoms with van der Waals surface area (Å²) in [6.45, 7) is -0.150. The maximum atomic E-state index is 12.4. The molecule has 4 nitrogen and oxygen atoms in total. The summed E-state index contributed by atoms with van der Waals surface area (Å²) in [5, 5.41) is 4.70. The van der Waals surface area contributed by atoms with Gasteiger partial charge in [0.2, 0.25) is 0 Å². The Kier molecular flexibility index (Phi) is 3.07. The number of nitrogens with two attached hydrogens (primary N) is 1. The van der Waals surface area contributed by atoms with Gasteiger partial charge in [-0.2, -0.15) is 25.9 Å². The zero-order chi connectivity index (χ0) is 11.0. The van der Waals surface area contributed by atoms with E-state index in [4.69, 9.17) is 5.14 Å². The smallest absolute Gasteiger partial charge is 0.216 e. The summed E-state index contributed by atoms with van der Waals surface area (Å²) < 4.78 is 59.1. The molecule has 1 aliphatic rings. The van der Waals surface area contributed by atoms with Crippen molar-refractivity contribution in [2.75, 3.05) is 6.54 Å². The molecule has 1 aliphatic heterocycles. The third kappa shape index (κ3) is 2.58. The lowest BCUT2D eigenvalue weighted by molar-refractivity contribution is -0.177. The lowest BCUT2D eigenvalue weighted by Gasteiger charge is -2.34. The molecule has 0 saturated carbocycles. The topological polar surface area (TPSA) is 63.4 Å². The first kappa shape index (κ1) is 11.7. The maximum Gasteiger partial charge on any atom is 0.405 e. The molecule has 0 radical (unpaired) electrons. The largest absolute Gasteiger partial charge is 0.405 e. The molecule has 0 aromatic heterocycles. The van der Waals surface area contributed by atoms with Gasteiger partial charge in [-0.3, -0.25) is 0 Å². The first-order chi connectivity index (χ1) is 6.23. The van der Waals surface area contributed by atoms with Crippen LogP contribution in [0.4, 0.5) is 13.2 Å². The van der Waals surface area contributed by atoms with Crippen LogP contribution in [0.15, 0.2) is 0 Å². The zero-order valence-corrected chi connectivity index (χ0v) is 8.11. The number of rotatable bonds is 1. The fraction of sp³-hybridized carbons (Fsp3) is 1.00. The second-order valence-electron chi connectivity index (χ2n) is 3.21. The van der Waals surface area contributed by atoms with Crippen molar-refractivity contribution < 1.29 is 21.6 Å². The quantitative estimate of drug-likeness (QED) is 0.719. The molecular weight excluding hydrogens is 221 g/mol. The van der Waals surface area contributed by atoms with Crippen molar-refractivity contribution in [3.05, 3.63) is 0 Å². The van der Waals surface area contributed by atoms with Crippen molar-refractivity contribution in [2.24, 2.45) is 5.14 Å². The molecule has 2 N–H and O–H groups in total. The number of piperidine rings is 1. The van der Waals surface area contributed by atoms with Gasteiger partial charge in [0.05, 0.1) is 0 Å². The molecule has 0 aromatic rings. The van der Waals surface area contributed by atoms with Crippen LogP contribution in [-0.4, -0.2) is 31.5 Å². The third-order valence-corrected chi connectivity index (χ3v) is 3.25. The standard InChI is InChI=1S/C6H11F3N2O2S/c7-6(8,9)5-3-1-2-4-11(5)14(10,12)13/h5H,1-4H2,(H2,10,12,13). The highest BCUT2D eigenvalue weighted by Gasteiger charge is 2.47. The second-order valence-corrected chi connectivity index (χ2v) is 4.71. The van der Waals surface area contributed by atoms with Crippen molar-refractivity contribution in [1.29, 1.82) is 0 Å². The minimum atomic E-state index is -4.53. The van der Waals surface area contributed by atoms with Gasteiger partial charge < -0.3 is 0 Å². The summed E-state index contributed by atoms with van der Waals surface area (Å²) in [6.07, 6.45) is -3.95. The van der Waals surface area contributed by atoms with Crippen LogP contribution >= 0.6 is 0 Å². The van der Waals surface area contributed by atoms with E-state index in [9.17, 15) is 21.6 Å². The van der Waals surface area contributed by atoms with E-state index in [0.717, 1.165) is 0 Å². The van der Waals surface area contributed by atoms with Crippen LogP contribution in [0.1, 0.15) is 19.3 Å². The molecule has 1 fully saturated rings. The van der Waals surface area contributed by atoms with Crippen LogP contribution in [-0.2, 0) is 10.2 Å². The molecular formula is C6H11F3N2O2S. The molecule has 0 amide bonds. The molecule has 0 aromatic carbocycles. The minimum Gasteiger partial charge on any atom is -0.216 e. The summed E-state index contributed by atoms with van der Waals surface area (Å²) in [5.41, 5.74) is 0. The van der Waals surface area contributed by atoms with Crippen molar-refractivity contribution >= 4 is 10.2 Å². The van der Waals surface area contributed by atoms with Crippen LogP contribution in [0, 0.1) is 0 Å². The fourth-order valence-corrected chi connectivity index (χ4v) is 2.50. The predicted molar refractivity (Wildman–Crippen MR) is 43.5 cm³/mol. The van der Waals surface area contributed by atoms with E-state index in [2.05, 4.69) is 0 Å². The van der Waals surface area contributed by atoms with E-state index in [1.165, 1.54) is 0 Å². The Hall–Kier alpha value is -0.340. The molecule has 14 heavy (non-hydrogen) atoms. The van der Waals surface area contributed by atoms with E-state index >= 15 is 0 Å². The van der Waals surface area contributed by atoms with Crippen molar-refractivity contribution in [3.8, 4) is 0 Å². The number of hydrogen-bond acceptors (Lipinski definition) is 2. The molecule has 0 bridgehead atoms. The molecule has 1 unspecified atom stereocenters. The van der Waals surface area contributed by atoms with E-state index in [-0.39, 0.29) is 13.0 Å². The molecule has 1 saturated heterocycles. The fourth-order valence-electron chi connectivity index (χ4n) is 1.54. The normalized spacial score (nSPS) is 26.4. The van der Waals surface area contributed by atoms with Crippen molar-refractivity contribution in [2.45, 2.75) is 31.5 Å². The monoisotopic (exact) mass is 232 g/mol. The van der Waals surface area contributed by atoms with Gasteiger partial charge in [0, 0.05) is 6.54 Å². The summed E-state index contributed by atoms with van der Waals surface area (Å²) in [6, 6.07) is -1.95. The number of alkyl halides is 3. The Labute approximate surface area is 80.1 Å². The van der Waals surface area contributed by atoms with Gasteiger partial charge in [0.15, 0.2) is 0 Å². The Balaban J connectivity index is 2.91. The second kappa shape index (κ2) is 3.67. The molecule has 1 rings (SSSR count). The van der Waals surface area contributed by atoms with Gasteiger partial charge in [0.1, 0.15) is 6.04 Å². The van der Waals surface area contributed by atoms with E-state index in [1.807, 2.05) is 0 Å². The third-order valence-electron chi connectivity index (χ3n) is 2.16. The van der Waals surface area contributed by atoms with Crippen LogP contribution in [0.5, 0.6) is 0 Å². The Morgan fingerprint density at radius 1 is 1.29 bits per heavy atom. The molecule has 1 heterocycles. The highest BCUT2D eigenvalue weighted by molar-refractivity contribution is 7.86. The first-order valence-electron chi connectivity index (χ1n) is 4.09. The van der Waals surface area contributed by atoms with Crippen molar-refractivity contribution in [1.82, 2.24) is 4.31 Å². The molecule has 8 heteroatoms. The van der Waals surface area contributed by atoms with Gasteiger partial charge in [-0.05, 0) is 12.8 Å². The average Bonchev–Trinajstić information content (AvgIpc) is 2.01. The van der Waals surface area contributed by atoms with Gasteiger partial charge in [-0.15, -0.1) is 0 Å². The van der Waals surface area contributed by atoms with Gasteiger partial charge in [-0.1, -0.05) is 6.42 Å². The Morgan fingerprint density at radius 2 is 1.86 bits per heavy atom. The summed E-state index contributed by atoms with van der Waals surface area (Å²) in [4.78, 5) is 0. The van der Waals surface area contributed by atoms with E-state index < -0.39 is 22.4 Å².